The van der Waals surface area contributed by atoms with Crippen LogP contribution in [0, 0.1) is 13.8 Å². The molecule has 0 bridgehead atoms. The van der Waals surface area contributed by atoms with E-state index in [9.17, 15) is 4.79 Å². The Kier molecular flexibility index (Phi) is 4.50. The lowest BCUT2D eigenvalue weighted by molar-refractivity contribution is 0.0744. The largest absolute Gasteiger partial charge is 0.376 e. The van der Waals surface area contributed by atoms with Crippen LogP contribution in [0.1, 0.15) is 33.1 Å². The molecule has 136 valence electrons. The Morgan fingerprint density at radius 2 is 1.88 bits per heavy atom. The van der Waals surface area contributed by atoms with Gasteiger partial charge in [0, 0.05) is 50.6 Å². The molecule has 0 saturated carbocycles. The van der Waals surface area contributed by atoms with Gasteiger partial charge in [-0.05, 0) is 13.8 Å². The molecule has 0 radical (unpaired) electrons. The number of aryl methyl sites for hydroxylation is 2. The van der Waals surface area contributed by atoms with Gasteiger partial charge in [-0.15, -0.1) is 0 Å². The van der Waals surface area contributed by atoms with Gasteiger partial charge in [-0.2, -0.15) is 0 Å². The topological polar surface area (TPSA) is 84.3 Å². The van der Waals surface area contributed by atoms with Gasteiger partial charge in [-0.1, -0.05) is 0 Å². The van der Waals surface area contributed by atoms with Gasteiger partial charge in [-0.3, -0.25) is 4.79 Å². The Morgan fingerprint density at radius 3 is 2.65 bits per heavy atom. The molecular weight excluding hydrogens is 332 g/mol. The highest BCUT2D eigenvalue weighted by molar-refractivity contribution is 5.95. The molecule has 4 heterocycles. The van der Waals surface area contributed by atoms with Crippen LogP contribution in [0.5, 0.6) is 0 Å². The molecule has 1 fully saturated rings. The van der Waals surface area contributed by atoms with Crippen LogP contribution in [0.3, 0.4) is 0 Å². The Labute approximate surface area is 152 Å². The molecule has 8 heteroatoms. The third-order valence-electron chi connectivity index (χ3n) is 4.86. The van der Waals surface area contributed by atoms with Crippen LogP contribution in [-0.4, -0.2) is 63.5 Å². The van der Waals surface area contributed by atoms with Crippen molar-refractivity contribution in [1.29, 1.82) is 0 Å². The number of hydrogen-bond acceptors (Lipinski definition) is 7. The van der Waals surface area contributed by atoms with Crippen molar-refractivity contribution >= 4 is 11.9 Å². The molecule has 2 aliphatic rings. The van der Waals surface area contributed by atoms with Crippen LogP contribution >= 0.6 is 0 Å². The summed E-state index contributed by atoms with van der Waals surface area (Å²) < 4.78 is 5.43. The summed E-state index contributed by atoms with van der Waals surface area (Å²) in [5.41, 5.74) is 3.45. The lowest BCUT2D eigenvalue weighted by Gasteiger charge is -2.35. The van der Waals surface area contributed by atoms with Gasteiger partial charge in [0.25, 0.3) is 5.91 Å². The fourth-order valence-electron chi connectivity index (χ4n) is 3.34. The van der Waals surface area contributed by atoms with Gasteiger partial charge in [-0.25, -0.2) is 19.9 Å². The number of rotatable bonds is 2. The second-order valence-corrected chi connectivity index (χ2v) is 6.64. The summed E-state index contributed by atoms with van der Waals surface area (Å²) in [4.78, 5) is 34.4. The molecular formula is C18H22N6O2. The van der Waals surface area contributed by atoms with E-state index in [0.29, 0.717) is 50.8 Å². The maximum Gasteiger partial charge on any atom is 0.257 e. The molecule has 0 N–H and O–H groups in total. The van der Waals surface area contributed by atoms with E-state index in [0.717, 1.165) is 29.3 Å². The predicted octanol–water partition coefficient (Wildman–Crippen LogP) is 0.919. The van der Waals surface area contributed by atoms with E-state index in [1.807, 2.05) is 24.9 Å². The average Bonchev–Trinajstić information content (AvgIpc) is 2.67. The molecule has 0 atom stereocenters. The van der Waals surface area contributed by atoms with Crippen molar-refractivity contribution < 1.29 is 9.53 Å². The molecule has 2 aromatic rings. The number of ether oxygens (including phenoxy) is 1. The summed E-state index contributed by atoms with van der Waals surface area (Å²) in [5, 5.41) is 0. The number of carbonyl (C=O) groups excluding carboxylic acids is 1. The summed E-state index contributed by atoms with van der Waals surface area (Å²) in [6.07, 6.45) is 4.32. The highest BCUT2D eigenvalue weighted by atomic mass is 16.5. The summed E-state index contributed by atoms with van der Waals surface area (Å²) >= 11 is 0. The SMILES string of the molecule is Cc1ncc(C(=O)N2CCN(c3ncc4c(n3)CCOC4)CC2)c(C)n1. The van der Waals surface area contributed by atoms with Crippen molar-refractivity contribution in [2.75, 3.05) is 37.7 Å². The molecule has 2 aromatic heterocycles. The molecule has 8 nitrogen and oxygen atoms in total. The minimum absolute atomic E-state index is 0.00865. The molecule has 2 aliphatic heterocycles. The molecule has 1 saturated heterocycles. The van der Waals surface area contributed by atoms with Crippen molar-refractivity contribution in [3.63, 3.8) is 0 Å². The van der Waals surface area contributed by atoms with Crippen molar-refractivity contribution in [3.05, 3.63) is 40.7 Å². The quantitative estimate of drug-likeness (QED) is 0.793. The molecule has 26 heavy (non-hydrogen) atoms. The lowest BCUT2D eigenvalue weighted by Crippen LogP contribution is -2.49. The summed E-state index contributed by atoms with van der Waals surface area (Å²) in [6, 6.07) is 0. The first kappa shape index (κ1) is 16.8. The highest BCUT2D eigenvalue weighted by Gasteiger charge is 2.25. The molecule has 0 aliphatic carbocycles. The minimum Gasteiger partial charge on any atom is -0.376 e. The van der Waals surface area contributed by atoms with Gasteiger partial charge in [0.1, 0.15) is 5.82 Å². The van der Waals surface area contributed by atoms with Crippen molar-refractivity contribution in [3.8, 4) is 0 Å². The van der Waals surface area contributed by atoms with E-state index in [2.05, 4.69) is 19.9 Å². The van der Waals surface area contributed by atoms with E-state index in [1.165, 1.54) is 0 Å². The van der Waals surface area contributed by atoms with Gasteiger partial charge in [0.2, 0.25) is 5.95 Å². The van der Waals surface area contributed by atoms with Gasteiger partial charge in [0.05, 0.1) is 30.2 Å². The summed E-state index contributed by atoms with van der Waals surface area (Å²) in [5.74, 6) is 1.41. The van der Waals surface area contributed by atoms with Crippen LogP contribution in [0.2, 0.25) is 0 Å². The lowest BCUT2D eigenvalue weighted by atomic mass is 10.1. The Balaban J connectivity index is 1.43. The van der Waals surface area contributed by atoms with Gasteiger partial charge < -0.3 is 14.5 Å². The zero-order valence-electron chi connectivity index (χ0n) is 15.1. The molecule has 4 rings (SSSR count). The molecule has 0 aromatic carbocycles. The van der Waals surface area contributed by atoms with Crippen LogP contribution in [-0.2, 0) is 17.8 Å². The highest BCUT2D eigenvalue weighted by Crippen LogP contribution is 2.19. The molecule has 1 amide bonds. The Bertz CT molecular complexity index is 832. The minimum atomic E-state index is -0.00865. The zero-order chi connectivity index (χ0) is 18.1. The maximum atomic E-state index is 12.7. The maximum absolute atomic E-state index is 12.7. The molecule has 0 unspecified atom stereocenters. The van der Waals surface area contributed by atoms with E-state index < -0.39 is 0 Å². The van der Waals surface area contributed by atoms with Crippen LogP contribution in [0.4, 0.5) is 5.95 Å². The second-order valence-electron chi connectivity index (χ2n) is 6.64. The smallest absolute Gasteiger partial charge is 0.257 e. The fourth-order valence-corrected chi connectivity index (χ4v) is 3.34. The number of anilines is 1. The standard InChI is InChI=1S/C18H22N6O2/c1-12-15(10-19-13(2)21-12)17(25)23-4-6-24(7-5-23)18-20-9-14-11-26-8-3-16(14)22-18/h9-10H,3-8,11H2,1-2H3. The van der Waals surface area contributed by atoms with Crippen molar-refractivity contribution in [2.45, 2.75) is 26.9 Å². The predicted molar refractivity (Wildman–Crippen MR) is 95.0 cm³/mol. The number of nitrogens with zero attached hydrogens (tertiary/aromatic N) is 6. The van der Waals surface area contributed by atoms with E-state index >= 15 is 0 Å². The van der Waals surface area contributed by atoms with Gasteiger partial charge >= 0.3 is 0 Å². The van der Waals surface area contributed by atoms with E-state index in [1.54, 1.807) is 6.20 Å². The van der Waals surface area contributed by atoms with Gasteiger partial charge in [0.15, 0.2) is 0 Å². The zero-order valence-corrected chi connectivity index (χ0v) is 15.1. The van der Waals surface area contributed by atoms with E-state index in [4.69, 9.17) is 9.72 Å². The van der Waals surface area contributed by atoms with Crippen LogP contribution in [0.25, 0.3) is 0 Å². The number of amides is 1. The first-order chi connectivity index (χ1) is 12.6. The first-order valence-corrected chi connectivity index (χ1v) is 8.89. The average molecular weight is 354 g/mol. The fraction of sp³-hybridized carbons (Fsp3) is 0.500. The first-order valence-electron chi connectivity index (χ1n) is 8.89. The number of fused-ring (bicyclic) bond motifs is 1. The third kappa shape index (κ3) is 3.24. The number of hydrogen-bond donors (Lipinski definition) is 0. The number of aromatic nitrogens is 4. The second kappa shape index (κ2) is 6.95. The van der Waals surface area contributed by atoms with Crippen LogP contribution < -0.4 is 4.90 Å². The summed E-state index contributed by atoms with van der Waals surface area (Å²) in [7, 11) is 0. The summed E-state index contributed by atoms with van der Waals surface area (Å²) in [6.45, 7) is 7.68. The Hall–Kier alpha value is -2.61. The monoisotopic (exact) mass is 354 g/mol. The van der Waals surface area contributed by atoms with E-state index in [-0.39, 0.29) is 5.91 Å². The number of piperazine rings is 1. The molecule has 0 spiro atoms. The number of carbonyl (C=O) groups is 1. The normalized spacial score (nSPS) is 17.2. The van der Waals surface area contributed by atoms with Crippen LogP contribution in [0.15, 0.2) is 12.4 Å². The Morgan fingerprint density at radius 1 is 1.08 bits per heavy atom. The third-order valence-corrected chi connectivity index (χ3v) is 4.86. The van der Waals surface area contributed by atoms with Crippen molar-refractivity contribution in [2.24, 2.45) is 0 Å². The van der Waals surface area contributed by atoms with Crippen molar-refractivity contribution in [1.82, 2.24) is 24.8 Å².